The molecule has 0 spiro atoms. The molecule has 0 saturated heterocycles. The molecule has 4 nitrogen and oxygen atoms in total. The molecule has 0 aliphatic heterocycles. The number of halogens is 2. The van der Waals surface area contributed by atoms with Crippen molar-refractivity contribution in [3.8, 4) is 11.1 Å². The Hall–Kier alpha value is -3.06. The minimum absolute atomic E-state index is 0.0439. The van der Waals surface area contributed by atoms with Crippen molar-refractivity contribution < 1.29 is 14.3 Å². The van der Waals surface area contributed by atoms with E-state index >= 15 is 0 Å². The first-order valence-corrected chi connectivity index (χ1v) is 13.3. The molecule has 0 heterocycles. The number of ether oxygens (including phenoxy) is 1. The van der Waals surface area contributed by atoms with Gasteiger partial charge in [-0.2, -0.15) is 0 Å². The molecule has 7 heteroatoms. The molecule has 1 amide bonds. The minimum Gasteiger partial charge on any atom is -0.448 e. The Morgan fingerprint density at radius 2 is 1.64 bits per heavy atom. The molecule has 5 rings (SSSR count). The van der Waals surface area contributed by atoms with Gasteiger partial charge in [-0.05, 0) is 70.1 Å². The van der Waals surface area contributed by atoms with Crippen LogP contribution < -0.4 is 0 Å². The van der Waals surface area contributed by atoms with E-state index in [1.807, 2.05) is 48.5 Å². The van der Waals surface area contributed by atoms with Gasteiger partial charge in [0.15, 0.2) is 6.29 Å². The second-order valence-electron chi connectivity index (χ2n) is 8.36. The van der Waals surface area contributed by atoms with Gasteiger partial charge in [0.1, 0.15) is 6.61 Å². The summed E-state index contributed by atoms with van der Waals surface area (Å²) in [7, 11) is 0. The van der Waals surface area contributed by atoms with E-state index < -0.39 is 6.09 Å². The fraction of sp³-hybridized carbons (Fsp3) is 0.103. The van der Waals surface area contributed by atoms with Gasteiger partial charge in [-0.3, -0.25) is 4.79 Å². The predicted octanol–water partition coefficient (Wildman–Crippen LogP) is 8.37. The summed E-state index contributed by atoms with van der Waals surface area (Å²) in [5.74, 6) is -0.0439. The summed E-state index contributed by atoms with van der Waals surface area (Å²) in [4.78, 5) is 25.8. The van der Waals surface area contributed by atoms with Gasteiger partial charge in [0.05, 0.1) is 6.54 Å². The summed E-state index contributed by atoms with van der Waals surface area (Å²) >= 11 is 10.8. The van der Waals surface area contributed by atoms with Crippen LogP contribution in [0.1, 0.15) is 33.0 Å². The fourth-order valence-corrected chi connectivity index (χ4v) is 5.93. The van der Waals surface area contributed by atoms with Gasteiger partial charge in [-0.15, -0.1) is 0 Å². The van der Waals surface area contributed by atoms with Crippen molar-refractivity contribution in [2.75, 3.05) is 6.61 Å². The lowest BCUT2D eigenvalue weighted by molar-refractivity contribution is 0.111. The zero-order valence-electron chi connectivity index (χ0n) is 19.1. The van der Waals surface area contributed by atoms with Crippen molar-refractivity contribution in [3.05, 3.63) is 123 Å². The van der Waals surface area contributed by atoms with Crippen molar-refractivity contribution >= 4 is 51.9 Å². The standard InChI is InChI=1S/C29H21BrClNO3S/c30-21-12-13-28(20(15-21)17-33)36-32(16-19-6-5-7-22(31)14-19)29(34)35-18-27-25-10-3-1-8-23(25)24-9-2-4-11-26(24)27/h1-15,17,27H,16,18H2. The summed E-state index contributed by atoms with van der Waals surface area (Å²) in [5, 5.41) is 0.585. The third-order valence-electron chi connectivity index (χ3n) is 6.06. The lowest BCUT2D eigenvalue weighted by Crippen LogP contribution is -2.26. The number of hydrogen-bond acceptors (Lipinski definition) is 4. The molecule has 0 bridgehead atoms. The number of benzene rings is 4. The molecule has 0 aromatic heterocycles. The van der Waals surface area contributed by atoms with Crippen molar-refractivity contribution in [3.63, 3.8) is 0 Å². The molecule has 0 saturated carbocycles. The molecule has 0 atom stereocenters. The van der Waals surface area contributed by atoms with E-state index in [0.29, 0.717) is 15.5 Å². The maximum absolute atomic E-state index is 13.4. The van der Waals surface area contributed by atoms with Crippen molar-refractivity contribution in [1.82, 2.24) is 4.31 Å². The maximum atomic E-state index is 13.4. The summed E-state index contributed by atoms with van der Waals surface area (Å²) in [5.41, 5.74) is 5.98. The normalized spacial score (nSPS) is 12.1. The van der Waals surface area contributed by atoms with Crippen molar-refractivity contribution in [1.29, 1.82) is 0 Å². The highest BCUT2D eigenvalue weighted by Crippen LogP contribution is 2.44. The van der Waals surface area contributed by atoms with Gasteiger partial charge < -0.3 is 4.74 Å². The highest BCUT2D eigenvalue weighted by Gasteiger charge is 2.30. The lowest BCUT2D eigenvalue weighted by Gasteiger charge is -2.23. The Kier molecular flexibility index (Phi) is 7.46. The highest BCUT2D eigenvalue weighted by molar-refractivity contribution is 9.10. The highest BCUT2D eigenvalue weighted by atomic mass is 79.9. The lowest BCUT2D eigenvalue weighted by atomic mass is 9.98. The third kappa shape index (κ3) is 5.21. The summed E-state index contributed by atoms with van der Waals surface area (Å²) in [6.07, 6.45) is 0.296. The Balaban J connectivity index is 1.40. The minimum atomic E-state index is -0.485. The maximum Gasteiger partial charge on any atom is 0.420 e. The van der Waals surface area contributed by atoms with Crippen LogP contribution >= 0.6 is 39.5 Å². The number of nitrogens with zero attached hydrogens (tertiary/aromatic N) is 1. The number of carbonyl (C=O) groups is 2. The predicted molar refractivity (Wildman–Crippen MR) is 147 cm³/mol. The SMILES string of the molecule is O=Cc1cc(Br)ccc1SN(Cc1cccc(Cl)c1)C(=O)OCC1c2ccccc2-c2ccccc21. The number of carbonyl (C=O) groups excluding carboxylic acids is 2. The van der Waals surface area contributed by atoms with Crippen molar-refractivity contribution in [2.24, 2.45) is 0 Å². The molecular weight excluding hydrogens is 558 g/mol. The van der Waals surface area contributed by atoms with Crippen LogP contribution in [0.2, 0.25) is 5.02 Å². The number of hydrogen-bond donors (Lipinski definition) is 0. The molecule has 0 unspecified atom stereocenters. The van der Waals surface area contributed by atoms with E-state index in [4.69, 9.17) is 16.3 Å². The van der Waals surface area contributed by atoms with Gasteiger partial charge in [0.25, 0.3) is 0 Å². The van der Waals surface area contributed by atoms with Crippen molar-refractivity contribution in [2.45, 2.75) is 17.4 Å². The monoisotopic (exact) mass is 577 g/mol. The Morgan fingerprint density at radius 3 is 2.31 bits per heavy atom. The summed E-state index contributed by atoms with van der Waals surface area (Å²) < 4.78 is 8.22. The zero-order valence-corrected chi connectivity index (χ0v) is 22.2. The second kappa shape index (κ2) is 10.9. The number of aldehydes is 1. The van der Waals surface area contributed by atoms with Gasteiger partial charge in [0.2, 0.25) is 0 Å². The van der Waals surface area contributed by atoms with Gasteiger partial charge in [-0.1, -0.05) is 88.2 Å². The van der Waals surface area contributed by atoms with Crippen LogP contribution in [0.3, 0.4) is 0 Å². The number of fused-ring (bicyclic) bond motifs is 3. The number of amides is 1. The van der Waals surface area contributed by atoms with Crippen LogP contribution in [0, 0.1) is 0 Å². The molecule has 0 radical (unpaired) electrons. The fourth-order valence-electron chi connectivity index (χ4n) is 4.41. The quantitative estimate of drug-likeness (QED) is 0.163. The van der Waals surface area contributed by atoms with Crippen LogP contribution in [-0.4, -0.2) is 23.3 Å². The molecule has 180 valence electrons. The van der Waals surface area contributed by atoms with Crippen LogP contribution in [-0.2, 0) is 11.3 Å². The molecule has 0 fully saturated rings. The largest absolute Gasteiger partial charge is 0.448 e. The Morgan fingerprint density at radius 1 is 0.944 bits per heavy atom. The Labute approximate surface area is 227 Å². The molecule has 0 N–H and O–H groups in total. The second-order valence-corrected chi connectivity index (χ2v) is 10.8. The molecule has 1 aliphatic rings. The summed E-state index contributed by atoms with van der Waals surface area (Å²) in [6, 6.07) is 29.2. The molecular formula is C29H21BrClNO3S. The Bertz CT molecular complexity index is 1400. The van der Waals surface area contributed by atoms with Crippen LogP contribution in [0.5, 0.6) is 0 Å². The van der Waals surface area contributed by atoms with Gasteiger partial charge in [-0.25, -0.2) is 9.10 Å². The molecule has 36 heavy (non-hydrogen) atoms. The first-order chi connectivity index (χ1) is 17.5. The van der Waals surface area contributed by atoms with E-state index in [0.717, 1.165) is 27.4 Å². The topological polar surface area (TPSA) is 46.6 Å². The van der Waals surface area contributed by atoms with Crippen LogP contribution in [0.4, 0.5) is 4.79 Å². The molecule has 4 aromatic carbocycles. The molecule has 4 aromatic rings. The smallest absolute Gasteiger partial charge is 0.420 e. The summed E-state index contributed by atoms with van der Waals surface area (Å²) in [6.45, 7) is 0.469. The van der Waals surface area contributed by atoms with E-state index in [-0.39, 0.29) is 19.1 Å². The van der Waals surface area contributed by atoms with Crippen LogP contribution in [0.15, 0.2) is 100 Å². The van der Waals surface area contributed by atoms with Gasteiger partial charge in [0, 0.05) is 25.9 Å². The van der Waals surface area contributed by atoms with E-state index in [1.165, 1.54) is 27.4 Å². The van der Waals surface area contributed by atoms with E-state index in [2.05, 4.69) is 40.2 Å². The first kappa shape index (κ1) is 24.6. The average Bonchev–Trinajstić information content (AvgIpc) is 3.21. The van der Waals surface area contributed by atoms with E-state index in [1.54, 1.807) is 18.2 Å². The third-order valence-corrected chi connectivity index (χ3v) is 7.86. The number of rotatable bonds is 7. The van der Waals surface area contributed by atoms with Crippen LogP contribution in [0.25, 0.3) is 11.1 Å². The zero-order chi connectivity index (χ0) is 25.1. The first-order valence-electron chi connectivity index (χ1n) is 11.3. The van der Waals surface area contributed by atoms with E-state index in [9.17, 15) is 9.59 Å². The van der Waals surface area contributed by atoms with Gasteiger partial charge >= 0.3 is 6.09 Å². The average molecular weight is 579 g/mol. The molecule has 1 aliphatic carbocycles.